The maximum atomic E-state index is 13.2. The number of carbonyl (C=O) groups is 4. The summed E-state index contributed by atoms with van der Waals surface area (Å²) in [7, 11) is -0.968. The second kappa shape index (κ2) is 12.0. The van der Waals surface area contributed by atoms with Gasteiger partial charge in [-0.1, -0.05) is 12.1 Å². The van der Waals surface area contributed by atoms with E-state index < -0.39 is 40.1 Å². The van der Waals surface area contributed by atoms with E-state index in [9.17, 15) is 32.7 Å². The Labute approximate surface area is 220 Å². The second-order valence-electron chi connectivity index (χ2n) is 8.99. The molecule has 38 heavy (non-hydrogen) atoms. The zero-order valence-electron chi connectivity index (χ0n) is 21.2. The predicted molar refractivity (Wildman–Crippen MR) is 137 cm³/mol. The summed E-state index contributed by atoms with van der Waals surface area (Å²) in [6.07, 6.45) is 0.0557. The van der Waals surface area contributed by atoms with Crippen molar-refractivity contribution in [2.75, 3.05) is 26.0 Å². The Hall–Kier alpha value is -3.97. The van der Waals surface area contributed by atoms with Crippen LogP contribution in [0.15, 0.2) is 53.4 Å². The van der Waals surface area contributed by atoms with Crippen molar-refractivity contribution in [3.8, 4) is 5.75 Å². The van der Waals surface area contributed by atoms with E-state index in [1.54, 1.807) is 12.1 Å². The minimum Gasteiger partial charge on any atom is -0.480 e. The number of anilines is 1. The minimum absolute atomic E-state index is 0.0452. The van der Waals surface area contributed by atoms with E-state index in [1.807, 2.05) is 0 Å². The van der Waals surface area contributed by atoms with Crippen molar-refractivity contribution in [3.63, 3.8) is 0 Å². The monoisotopic (exact) mass is 546 g/mol. The van der Waals surface area contributed by atoms with Crippen molar-refractivity contribution in [1.82, 2.24) is 14.5 Å². The average molecular weight is 547 g/mol. The molecule has 1 saturated heterocycles. The van der Waals surface area contributed by atoms with Gasteiger partial charge in [-0.05, 0) is 54.8 Å². The molecular weight excluding hydrogens is 516 g/mol. The van der Waals surface area contributed by atoms with Crippen LogP contribution in [0.5, 0.6) is 5.75 Å². The molecule has 3 N–H and O–H groups in total. The molecule has 3 amide bonds. The van der Waals surface area contributed by atoms with Crippen LogP contribution in [0.4, 0.5) is 10.5 Å². The first kappa shape index (κ1) is 28.6. The number of aliphatic carboxylic acids is 1. The SMILES string of the molecule is CC(=O)Nc1ccc(S(=O)(=O)N2CCC[C@H]2C(=O)N[C@@H](Cc2ccc(OC(=O)N(C)C)cc2)C(=O)O)cc1. The Morgan fingerprint density at radius 3 is 2.26 bits per heavy atom. The number of hydrogen-bond donors (Lipinski definition) is 3. The number of ether oxygens (including phenoxy) is 1. The maximum absolute atomic E-state index is 13.2. The third kappa shape index (κ3) is 7.07. The van der Waals surface area contributed by atoms with Crippen molar-refractivity contribution in [2.45, 2.75) is 43.2 Å². The van der Waals surface area contributed by atoms with Crippen LogP contribution in [0.25, 0.3) is 0 Å². The molecule has 1 aliphatic rings. The van der Waals surface area contributed by atoms with Gasteiger partial charge in [0.1, 0.15) is 17.8 Å². The smallest absolute Gasteiger partial charge is 0.414 e. The van der Waals surface area contributed by atoms with Crippen molar-refractivity contribution >= 4 is 39.6 Å². The summed E-state index contributed by atoms with van der Waals surface area (Å²) in [5, 5.41) is 14.7. The van der Waals surface area contributed by atoms with E-state index in [0.29, 0.717) is 17.7 Å². The highest BCUT2D eigenvalue weighted by Gasteiger charge is 2.40. The summed E-state index contributed by atoms with van der Waals surface area (Å²) in [4.78, 5) is 49.1. The topological polar surface area (TPSA) is 162 Å². The number of rotatable bonds is 9. The van der Waals surface area contributed by atoms with Crippen molar-refractivity contribution in [2.24, 2.45) is 0 Å². The van der Waals surface area contributed by atoms with Crippen LogP contribution < -0.4 is 15.4 Å². The fourth-order valence-corrected chi connectivity index (χ4v) is 5.58. The quantitative estimate of drug-likeness (QED) is 0.428. The van der Waals surface area contributed by atoms with Crippen molar-refractivity contribution in [3.05, 3.63) is 54.1 Å². The van der Waals surface area contributed by atoms with Gasteiger partial charge >= 0.3 is 12.1 Å². The largest absolute Gasteiger partial charge is 0.480 e. The van der Waals surface area contributed by atoms with E-state index in [0.717, 1.165) is 4.31 Å². The molecule has 0 aromatic heterocycles. The zero-order chi connectivity index (χ0) is 28.0. The molecule has 0 aliphatic carbocycles. The fraction of sp³-hybridized carbons (Fsp3) is 0.360. The first-order valence-corrected chi connectivity index (χ1v) is 13.2. The fourth-order valence-electron chi connectivity index (χ4n) is 3.93. The van der Waals surface area contributed by atoms with Crippen LogP contribution in [-0.4, -0.2) is 79.3 Å². The summed E-state index contributed by atoms with van der Waals surface area (Å²) in [6, 6.07) is 9.40. The molecule has 204 valence electrons. The zero-order valence-corrected chi connectivity index (χ0v) is 22.0. The Balaban J connectivity index is 1.69. The molecule has 0 bridgehead atoms. The molecule has 1 aliphatic heterocycles. The van der Waals surface area contributed by atoms with Crippen LogP contribution in [0, 0.1) is 0 Å². The third-order valence-electron chi connectivity index (χ3n) is 5.84. The summed E-state index contributed by atoms with van der Waals surface area (Å²) in [5.74, 6) is -2.00. The van der Waals surface area contributed by atoms with Crippen LogP contribution in [-0.2, 0) is 30.8 Å². The number of carboxylic acids is 1. The lowest BCUT2D eigenvalue weighted by molar-refractivity contribution is -0.142. The van der Waals surface area contributed by atoms with E-state index in [-0.39, 0.29) is 35.9 Å². The summed E-state index contributed by atoms with van der Waals surface area (Å²) in [6.45, 7) is 1.44. The highest BCUT2D eigenvalue weighted by Crippen LogP contribution is 2.27. The van der Waals surface area contributed by atoms with E-state index in [4.69, 9.17) is 4.74 Å². The lowest BCUT2D eigenvalue weighted by atomic mass is 10.1. The first-order valence-electron chi connectivity index (χ1n) is 11.8. The number of nitrogens with one attached hydrogen (secondary N) is 2. The first-order chi connectivity index (χ1) is 17.9. The van der Waals surface area contributed by atoms with Gasteiger partial charge in [0, 0.05) is 39.7 Å². The van der Waals surface area contributed by atoms with E-state index in [1.165, 1.54) is 62.3 Å². The van der Waals surface area contributed by atoms with Crippen LogP contribution in [0.2, 0.25) is 0 Å². The number of carbonyl (C=O) groups excluding carboxylic acids is 3. The molecule has 2 aromatic carbocycles. The predicted octanol–water partition coefficient (Wildman–Crippen LogP) is 1.67. The number of benzene rings is 2. The van der Waals surface area contributed by atoms with Gasteiger partial charge in [-0.3, -0.25) is 9.59 Å². The number of amides is 3. The number of carboxylic acid groups (broad SMARTS) is 1. The van der Waals surface area contributed by atoms with E-state index in [2.05, 4.69) is 10.6 Å². The average Bonchev–Trinajstić information content (AvgIpc) is 3.36. The van der Waals surface area contributed by atoms with Crippen LogP contribution in [0.1, 0.15) is 25.3 Å². The normalized spacial score (nSPS) is 16.3. The second-order valence-corrected chi connectivity index (χ2v) is 10.9. The molecule has 0 radical (unpaired) electrons. The van der Waals surface area contributed by atoms with Gasteiger partial charge in [0.2, 0.25) is 21.8 Å². The molecule has 2 aromatic rings. The molecule has 3 rings (SSSR count). The molecule has 1 heterocycles. The molecular formula is C25H30N4O8S. The van der Waals surface area contributed by atoms with Crippen molar-refractivity contribution in [1.29, 1.82) is 0 Å². The van der Waals surface area contributed by atoms with Gasteiger partial charge in [0.25, 0.3) is 0 Å². The number of hydrogen-bond acceptors (Lipinski definition) is 7. The third-order valence-corrected chi connectivity index (χ3v) is 7.76. The number of sulfonamides is 1. The van der Waals surface area contributed by atoms with Gasteiger partial charge in [0.05, 0.1) is 4.90 Å². The minimum atomic E-state index is -4.05. The molecule has 1 fully saturated rings. The number of nitrogens with zero attached hydrogens (tertiary/aromatic N) is 2. The van der Waals surface area contributed by atoms with Gasteiger partial charge in [-0.15, -0.1) is 0 Å². The Bertz CT molecular complexity index is 1290. The van der Waals surface area contributed by atoms with E-state index >= 15 is 0 Å². The standard InChI is InChI=1S/C25H30N4O8S/c1-16(30)26-18-8-12-20(13-9-18)38(35,36)29-14-4-5-22(29)23(31)27-21(24(32)33)15-17-6-10-19(11-7-17)37-25(34)28(2)3/h6-13,21-22H,4-5,14-15H2,1-3H3,(H,26,30)(H,27,31)(H,32,33)/t21-,22-/m0/s1. The maximum Gasteiger partial charge on any atom is 0.414 e. The highest BCUT2D eigenvalue weighted by molar-refractivity contribution is 7.89. The molecule has 12 nitrogen and oxygen atoms in total. The Morgan fingerprint density at radius 2 is 1.71 bits per heavy atom. The lowest BCUT2D eigenvalue weighted by Crippen LogP contribution is -2.51. The Kier molecular flexibility index (Phi) is 9.07. The lowest BCUT2D eigenvalue weighted by Gasteiger charge is -2.25. The molecule has 2 atom stereocenters. The summed E-state index contributed by atoms with van der Waals surface area (Å²) >= 11 is 0. The summed E-state index contributed by atoms with van der Waals surface area (Å²) in [5.41, 5.74) is 0.998. The molecule has 13 heteroatoms. The summed E-state index contributed by atoms with van der Waals surface area (Å²) < 4.78 is 32.7. The van der Waals surface area contributed by atoms with Gasteiger partial charge in [0.15, 0.2) is 0 Å². The van der Waals surface area contributed by atoms with Gasteiger partial charge in [-0.25, -0.2) is 18.0 Å². The van der Waals surface area contributed by atoms with Gasteiger partial charge in [-0.2, -0.15) is 4.31 Å². The van der Waals surface area contributed by atoms with Gasteiger partial charge < -0.3 is 25.4 Å². The molecule has 0 saturated carbocycles. The highest BCUT2D eigenvalue weighted by atomic mass is 32.2. The van der Waals surface area contributed by atoms with Crippen LogP contribution in [0.3, 0.4) is 0 Å². The molecule has 0 unspecified atom stereocenters. The Morgan fingerprint density at radius 1 is 1.08 bits per heavy atom. The van der Waals surface area contributed by atoms with Crippen LogP contribution >= 0.6 is 0 Å². The molecule has 0 spiro atoms. The van der Waals surface area contributed by atoms with Crippen molar-refractivity contribution < 1.29 is 37.4 Å².